The third-order valence-corrected chi connectivity index (χ3v) is 5.76. The predicted octanol–water partition coefficient (Wildman–Crippen LogP) is 5.65. The normalized spacial score (nSPS) is 16.7. The van der Waals surface area contributed by atoms with Gasteiger partial charge in [-0.25, -0.2) is 0 Å². The van der Waals surface area contributed by atoms with Crippen molar-refractivity contribution in [1.29, 1.82) is 0 Å². The molecule has 0 saturated carbocycles. The zero-order chi connectivity index (χ0) is 25.9. The Kier molecular flexibility index (Phi) is 7.78. The smallest absolute Gasteiger partial charge is 0.273 e. The van der Waals surface area contributed by atoms with Crippen molar-refractivity contribution in [3.05, 3.63) is 59.7 Å². The van der Waals surface area contributed by atoms with E-state index in [1.165, 1.54) is 5.01 Å². The SMILES string of the molecule is CC1=NN(c2ccccc2)C(=O)C1C(=NNC(C)(C)C)C(=O)Nc1c(C(C)C)cccc1C(C)C. The lowest BCUT2D eigenvalue weighted by molar-refractivity contribution is -0.119. The molecule has 1 heterocycles. The molecule has 0 aliphatic carbocycles. The molecule has 0 saturated heterocycles. The number of para-hydroxylation sites is 2. The van der Waals surface area contributed by atoms with Gasteiger partial charge in [0.1, 0.15) is 11.6 Å². The Hall–Kier alpha value is -3.48. The van der Waals surface area contributed by atoms with Gasteiger partial charge >= 0.3 is 0 Å². The number of anilines is 2. The minimum absolute atomic E-state index is 0.0953. The second-order valence-corrected chi connectivity index (χ2v) is 10.6. The molecule has 2 N–H and O–H groups in total. The maximum absolute atomic E-state index is 13.8. The summed E-state index contributed by atoms with van der Waals surface area (Å²) in [4.78, 5) is 27.3. The van der Waals surface area contributed by atoms with Crippen molar-refractivity contribution in [2.45, 2.75) is 72.8 Å². The number of amides is 2. The average Bonchev–Trinajstić information content (AvgIpc) is 3.07. The molecule has 0 fully saturated rings. The van der Waals surface area contributed by atoms with E-state index in [1.807, 2.05) is 69.3 Å². The van der Waals surface area contributed by atoms with Crippen LogP contribution in [0.25, 0.3) is 0 Å². The summed E-state index contributed by atoms with van der Waals surface area (Å²) in [5.41, 5.74) is 6.78. The minimum Gasteiger partial charge on any atom is -0.320 e. The lowest BCUT2D eigenvalue weighted by atomic mass is 9.92. The fourth-order valence-electron chi connectivity index (χ4n) is 3.98. The highest BCUT2D eigenvalue weighted by Gasteiger charge is 2.41. The summed E-state index contributed by atoms with van der Waals surface area (Å²) in [5, 5.41) is 13.4. The summed E-state index contributed by atoms with van der Waals surface area (Å²) in [7, 11) is 0. The van der Waals surface area contributed by atoms with Gasteiger partial charge in [0.2, 0.25) is 0 Å². The molecule has 3 rings (SSSR count). The first-order valence-electron chi connectivity index (χ1n) is 12.1. The van der Waals surface area contributed by atoms with Crippen LogP contribution in [0.1, 0.15) is 78.4 Å². The molecule has 7 nitrogen and oxygen atoms in total. The Morgan fingerprint density at radius 2 is 1.54 bits per heavy atom. The van der Waals surface area contributed by atoms with Crippen LogP contribution < -0.4 is 15.8 Å². The Bertz CT molecular complexity index is 1120. The molecule has 7 heteroatoms. The third kappa shape index (κ3) is 5.96. The molecule has 2 aromatic carbocycles. The van der Waals surface area contributed by atoms with E-state index in [0.717, 1.165) is 16.8 Å². The average molecular weight is 476 g/mol. The number of rotatable bonds is 7. The van der Waals surface area contributed by atoms with Crippen molar-refractivity contribution >= 4 is 34.6 Å². The van der Waals surface area contributed by atoms with Crippen molar-refractivity contribution < 1.29 is 9.59 Å². The van der Waals surface area contributed by atoms with E-state index in [1.54, 1.807) is 6.92 Å². The molecule has 186 valence electrons. The number of hydrogen-bond acceptors (Lipinski definition) is 5. The molecule has 0 radical (unpaired) electrons. The monoisotopic (exact) mass is 475 g/mol. The zero-order valence-corrected chi connectivity index (χ0v) is 22.0. The molecule has 2 aromatic rings. The van der Waals surface area contributed by atoms with Crippen LogP contribution in [0.2, 0.25) is 0 Å². The second kappa shape index (κ2) is 10.4. The van der Waals surface area contributed by atoms with Gasteiger partial charge in [0.15, 0.2) is 0 Å². The fourth-order valence-corrected chi connectivity index (χ4v) is 3.98. The standard InChI is InChI=1S/C28H37N5O2/c1-17(2)21-15-12-16-22(18(3)4)24(21)29-26(34)25(30-32-28(6,7)8)23-19(5)31-33(27(23)35)20-13-10-9-11-14-20/h9-18,23,32H,1-8H3,(H,29,34). The van der Waals surface area contributed by atoms with E-state index in [-0.39, 0.29) is 23.5 Å². The molecule has 1 atom stereocenters. The Morgan fingerprint density at radius 1 is 0.971 bits per heavy atom. The van der Waals surface area contributed by atoms with Crippen LogP contribution >= 0.6 is 0 Å². The maximum atomic E-state index is 13.8. The van der Waals surface area contributed by atoms with Crippen molar-refractivity contribution in [2.75, 3.05) is 10.3 Å². The summed E-state index contributed by atoms with van der Waals surface area (Å²) in [6.07, 6.45) is 0. The summed E-state index contributed by atoms with van der Waals surface area (Å²) >= 11 is 0. The molecular formula is C28H37N5O2. The van der Waals surface area contributed by atoms with Gasteiger partial charge in [-0.3, -0.25) is 9.59 Å². The van der Waals surface area contributed by atoms with Crippen molar-refractivity contribution in [3.8, 4) is 0 Å². The quantitative estimate of drug-likeness (QED) is 0.400. The first-order chi connectivity index (χ1) is 16.4. The van der Waals surface area contributed by atoms with Crippen LogP contribution in [0.3, 0.4) is 0 Å². The lowest BCUT2D eigenvalue weighted by Gasteiger charge is -2.23. The molecule has 1 aliphatic heterocycles. The molecule has 0 bridgehead atoms. The molecule has 35 heavy (non-hydrogen) atoms. The highest BCUT2D eigenvalue weighted by Crippen LogP contribution is 2.33. The highest BCUT2D eigenvalue weighted by atomic mass is 16.2. The predicted molar refractivity (Wildman–Crippen MR) is 144 cm³/mol. The van der Waals surface area contributed by atoms with Crippen LogP contribution in [0.4, 0.5) is 11.4 Å². The van der Waals surface area contributed by atoms with E-state index < -0.39 is 17.4 Å². The topological polar surface area (TPSA) is 86.2 Å². The first-order valence-corrected chi connectivity index (χ1v) is 12.1. The Labute approximate surface area is 208 Å². The van der Waals surface area contributed by atoms with Crippen LogP contribution in [-0.4, -0.2) is 28.8 Å². The summed E-state index contributed by atoms with van der Waals surface area (Å²) in [6.45, 7) is 16.0. The van der Waals surface area contributed by atoms with E-state index in [2.05, 4.69) is 48.6 Å². The summed E-state index contributed by atoms with van der Waals surface area (Å²) in [5.74, 6) is -1.19. The number of nitrogens with zero attached hydrogens (tertiary/aromatic N) is 3. The van der Waals surface area contributed by atoms with Gasteiger partial charge in [-0.15, -0.1) is 0 Å². The Balaban J connectivity index is 2.03. The van der Waals surface area contributed by atoms with Gasteiger partial charge in [-0.2, -0.15) is 15.2 Å². The zero-order valence-electron chi connectivity index (χ0n) is 22.0. The summed E-state index contributed by atoms with van der Waals surface area (Å²) < 4.78 is 0. The lowest BCUT2D eigenvalue weighted by Crippen LogP contribution is -2.42. The number of hydrazone groups is 2. The van der Waals surface area contributed by atoms with E-state index in [4.69, 9.17) is 0 Å². The van der Waals surface area contributed by atoms with Crippen LogP contribution in [0, 0.1) is 5.92 Å². The van der Waals surface area contributed by atoms with E-state index in [0.29, 0.717) is 11.4 Å². The number of carbonyl (C=O) groups excluding carboxylic acids is 2. The molecule has 0 spiro atoms. The van der Waals surface area contributed by atoms with Gasteiger partial charge in [0, 0.05) is 11.2 Å². The fraction of sp³-hybridized carbons (Fsp3) is 0.429. The Morgan fingerprint density at radius 3 is 2.06 bits per heavy atom. The highest BCUT2D eigenvalue weighted by molar-refractivity contribution is 6.52. The molecule has 0 aromatic heterocycles. The summed E-state index contributed by atoms with van der Waals surface area (Å²) in [6, 6.07) is 15.3. The van der Waals surface area contributed by atoms with Crippen LogP contribution in [0.5, 0.6) is 0 Å². The largest absolute Gasteiger partial charge is 0.320 e. The maximum Gasteiger partial charge on any atom is 0.273 e. The van der Waals surface area contributed by atoms with Crippen molar-refractivity contribution in [2.24, 2.45) is 16.1 Å². The molecular weight excluding hydrogens is 438 g/mol. The van der Waals surface area contributed by atoms with Crippen molar-refractivity contribution in [3.63, 3.8) is 0 Å². The van der Waals surface area contributed by atoms with Crippen molar-refractivity contribution in [1.82, 2.24) is 5.43 Å². The number of nitrogens with one attached hydrogen (secondary N) is 2. The van der Waals surface area contributed by atoms with Gasteiger partial charge in [-0.1, -0.05) is 64.1 Å². The number of benzene rings is 2. The third-order valence-electron chi connectivity index (χ3n) is 5.76. The van der Waals surface area contributed by atoms with Gasteiger partial charge < -0.3 is 10.7 Å². The van der Waals surface area contributed by atoms with E-state index in [9.17, 15) is 9.59 Å². The molecule has 2 amide bonds. The van der Waals surface area contributed by atoms with Gasteiger partial charge in [0.25, 0.3) is 11.8 Å². The second-order valence-electron chi connectivity index (χ2n) is 10.6. The first kappa shape index (κ1) is 26.1. The van der Waals surface area contributed by atoms with Crippen LogP contribution in [0.15, 0.2) is 58.7 Å². The minimum atomic E-state index is -0.890. The van der Waals surface area contributed by atoms with Gasteiger partial charge in [0.05, 0.1) is 11.4 Å². The van der Waals surface area contributed by atoms with E-state index >= 15 is 0 Å². The van der Waals surface area contributed by atoms with Gasteiger partial charge in [-0.05, 0) is 62.8 Å². The molecule has 1 unspecified atom stereocenters. The van der Waals surface area contributed by atoms with Crippen LogP contribution in [-0.2, 0) is 9.59 Å². The molecule has 1 aliphatic rings. The number of hydrogen-bond donors (Lipinski definition) is 2. The number of carbonyl (C=O) groups is 2.